The van der Waals surface area contributed by atoms with Gasteiger partial charge in [0, 0.05) is 36.4 Å². The quantitative estimate of drug-likeness (QED) is 0.395. The first-order chi connectivity index (χ1) is 12.7. The van der Waals surface area contributed by atoms with Crippen LogP contribution < -0.4 is 20.1 Å². The Balaban J connectivity index is 1.79. The van der Waals surface area contributed by atoms with Crippen molar-refractivity contribution in [2.45, 2.75) is 33.1 Å². The second-order valence-electron chi connectivity index (χ2n) is 5.76. The predicted molar refractivity (Wildman–Crippen MR) is 109 cm³/mol. The Morgan fingerprint density at radius 1 is 1.27 bits per heavy atom. The molecule has 1 aromatic carbocycles. The number of unbranched alkanes of at least 4 members (excludes halogenated alkanes) is 1. The van der Waals surface area contributed by atoms with Crippen molar-refractivity contribution >= 4 is 23.0 Å². The van der Waals surface area contributed by atoms with E-state index in [4.69, 9.17) is 9.47 Å². The molecule has 6 nitrogen and oxygen atoms in total. The number of nitrogens with one attached hydrogen (secondary N) is 2. The number of nitrogens with zero attached hydrogens (tertiary/aromatic N) is 2. The molecule has 0 amide bonds. The molecule has 26 heavy (non-hydrogen) atoms. The van der Waals surface area contributed by atoms with Gasteiger partial charge in [-0.05, 0) is 45.2 Å². The number of methoxy groups -OCH3 is 1. The van der Waals surface area contributed by atoms with E-state index in [1.54, 1.807) is 25.5 Å². The van der Waals surface area contributed by atoms with Gasteiger partial charge in [0.2, 0.25) is 0 Å². The van der Waals surface area contributed by atoms with Crippen LogP contribution in [0, 0.1) is 6.92 Å². The highest BCUT2D eigenvalue weighted by molar-refractivity contribution is 7.09. The first-order valence-electron chi connectivity index (χ1n) is 8.85. The summed E-state index contributed by atoms with van der Waals surface area (Å²) >= 11 is 1.74. The third kappa shape index (κ3) is 6.22. The molecule has 0 bridgehead atoms. The average Bonchev–Trinajstić information content (AvgIpc) is 3.06. The van der Waals surface area contributed by atoms with Gasteiger partial charge in [0.1, 0.15) is 0 Å². The minimum atomic E-state index is 0.589. The van der Waals surface area contributed by atoms with Crippen molar-refractivity contribution < 1.29 is 9.47 Å². The van der Waals surface area contributed by atoms with Gasteiger partial charge < -0.3 is 20.1 Å². The zero-order chi connectivity index (χ0) is 18.8. The standard InChI is InChI=1S/C19H28N4O2S/c1-5-25-17-12-15(9-10-16(17)24-4)23-19(20-3)21-11-7-6-8-18-22-14(2)13-26-18/h9-10,12-13H,5-8,11H2,1-4H3,(H2,20,21,23). The molecule has 142 valence electrons. The summed E-state index contributed by atoms with van der Waals surface area (Å²) in [6, 6.07) is 5.75. The van der Waals surface area contributed by atoms with Gasteiger partial charge in [-0.15, -0.1) is 11.3 Å². The lowest BCUT2D eigenvalue weighted by Crippen LogP contribution is -2.31. The summed E-state index contributed by atoms with van der Waals surface area (Å²) in [7, 11) is 3.40. The van der Waals surface area contributed by atoms with E-state index < -0.39 is 0 Å². The molecule has 0 aliphatic rings. The lowest BCUT2D eigenvalue weighted by molar-refractivity contribution is 0.311. The smallest absolute Gasteiger partial charge is 0.195 e. The molecule has 0 spiro atoms. The highest BCUT2D eigenvalue weighted by Gasteiger charge is 2.07. The largest absolute Gasteiger partial charge is 0.493 e. The molecular formula is C19H28N4O2S. The fourth-order valence-electron chi connectivity index (χ4n) is 2.46. The first-order valence-corrected chi connectivity index (χ1v) is 9.73. The number of aliphatic imine (C=N–C) groups is 1. The highest BCUT2D eigenvalue weighted by Crippen LogP contribution is 2.30. The average molecular weight is 377 g/mol. The van der Waals surface area contributed by atoms with Gasteiger partial charge >= 0.3 is 0 Å². The van der Waals surface area contributed by atoms with E-state index in [9.17, 15) is 0 Å². The van der Waals surface area contributed by atoms with Crippen LogP contribution in [0.5, 0.6) is 11.5 Å². The number of benzene rings is 1. The second kappa shape index (κ2) is 10.7. The van der Waals surface area contributed by atoms with E-state index in [1.165, 1.54) is 5.01 Å². The van der Waals surface area contributed by atoms with E-state index in [1.807, 2.05) is 32.0 Å². The molecule has 0 radical (unpaired) electrons. The maximum Gasteiger partial charge on any atom is 0.195 e. The van der Waals surface area contributed by atoms with Crippen molar-refractivity contribution in [3.8, 4) is 11.5 Å². The maximum atomic E-state index is 5.61. The predicted octanol–water partition coefficient (Wildman–Crippen LogP) is 3.87. The van der Waals surface area contributed by atoms with Gasteiger partial charge in [0.05, 0.1) is 18.7 Å². The summed E-state index contributed by atoms with van der Waals surface area (Å²) in [6.45, 7) is 5.43. The highest BCUT2D eigenvalue weighted by atomic mass is 32.1. The summed E-state index contributed by atoms with van der Waals surface area (Å²) in [5.41, 5.74) is 2.01. The summed E-state index contributed by atoms with van der Waals surface area (Å²) in [5, 5.41) is 9.94. The Hall–Kier alpha value is -2.28. The summed E-state index contributed by atoms with van der Waals surface area (Å²) < 4.78 is 10.9. The minimum Gasteiger partial charge on any atom is -0.493 e. The number of hydrogen-bond donors (Lipinski definition) is 2. The molecule has 2 aromatic rings. The monoisotopic (exact) mass is 376 g/mol. The van der Waals surface area contributed by atoms with E-state index in [-0.39, 0.29) is 0 Å². The molecule has 0 saturated carbocycles. The van der Waals surface area contributed by atoms with Crippen molar-refractivity contribution in [3.63, 3.8) is 0 Å². The van der Waals surface area contributed by atoms with E-state index in [0.29, 0.717) is 12.4 Å². The summed E-state index contributed by atoms with van der Waals surface area (Å²) in [5.74, 6) is 2.18. The third-order valence-electron chi connectivity index (χ3n) is 3.73. The first kappa shape index (κ1) is 20.0. The van der Waals surface area contributed by atoms with Crippen LogP contribution in [0.1, 0.15) is 30.5 Å². The van der Waals surface area contributed by atoms with Crippen LogP contribution in [0.25, 0.3) is 0 Å². The van der Waals surface area contributed by atoms with Crippen LogP contribution >= 0.6 is 11.3 Å². The molecule has 2 N–H and O–H groups in total. The summed E-state index contributed by atoms with van der Waals surface area (Å²) in [4.78, 5) is 8.77. The normalized spacial score (nSPS) is 11.3. The molecule has 2 rings (SSSR count). The lowest BCUT2D eigenvalue weighted by Gasteiger charge is -2.14. The van der Waals surface area contributed by atoms with Gasteiger partial charge in [0.15, 0.2) is 17.5 Å². The van der Waals surface area contributed by atoms with Gasteiger partial charge in [-0.3, -0.25) is 4.99 Å². The van der Waals surface area contributed by atoms with E-state index in [0.717, 1.165) is 48.9 Å². The Bertz CT molecular complexity index is 715. The van der Waals surface area contributed by atoms with Crippen molar-refractivity contribution in [2.75, 3.05) is 32.6 Å². The third-order valence-corrected chi connectivity index (χ3v) is 4.75. The minimum absolute atomic E-state index is 0.589. The molecule has 0 atom stereocenters. The molecule has 0 unspecified atom stereocenters. The van der Waals surface area contributed by atoms with Crippen LogP contribution in [0.4, 0.5) is 5.69 Å². The van der Waals surface area contributed by atoms with Crippen molar-refractivity contribution in [1.29, 1.82) is 0 Å². The molecular weight excluding hydrogens is 348 g/mol. The molecule has 7 heteroatoms. The molecule has 1 aromatic heterocycles. The van der Waals surface area contributed by atoms with Crippen LogP contribution in [-0.4, -0.2) is 38.3 Å². The Labute approximate surface area is 159 Å². The Morgan fingerprint density at radius 3 is 2.77 bits per heavy atom. The maximum absolute atomic E-state index is 5.61. The molecule has 0 aliphatic carbocycles. The Morgan fingerprint density at radius 2 is 2.12 bits per heavy atom. The van der Waals surface area contributed by atoms with E-state index >= 15 is 0 Å². The van der Waals surface area contributed by atoms with Gasteiger partial charge in [-0.2, -0.15) is 0 Å². The van der Waals surface area contributed by atoms with Crippen LogP contribution in [-0.2, 0) is 6.42 Å². The number of rotatable bonds is 9. The lowest BCUT2D eigenvalue weighted by atomic mass is 10.2. The SMILES string of the molecule is CCOc1cc(NC(=NC)NCCCCc2nc(C)cs2)ccc1OC. The topological polar surface area (TPSA) is 67.8 Å². The summed E-state index contributed by atoms with van der Waals surface area (Å²) in [6.07, 6.45) is 3.20. The number of guanidine groups is 1. The number of anilines is 1. The van der Waals surface area contributed by atoms with Crippen LogP contribution in [0.3, 0.4) is 0 Å². The molecule has 1 heterocycles. The molecule has 0 fully saturated rings. The number of aromatic nitrogens is 1. The molecule has 0 saturated heterocycles. The van der Waals surface area contributed by atoms with Gasteiger partial charge in [-0.1, -0.05) is 0 Å². The Kier molecular flexibility index (Phi) is 8.21. The van der Waals surface area contributed by atoms with Gasteiger partial charge in [-0.25, -0.2) is 4.98 Å². The fourth-order valence-corrected chi connectivity index (χ4v) is 3.28. The fraction of sp³-hybridized carbons (Fsp3) is 0.474. The van der Waals surface area contributed by atoms with Gasteiger partial charge in [0.25, 0.3) is 0 Å². The van der Waals surface area contributed by atoms with Crippen molar-refractivity contribution in [3.05, 3.63) is 34.3 Å². The zero-order valence-electron chi connectivity index (χ0n) is 16.0. The van der Waals surface area contributed by atoms with Crippen molar-refractivity contribution in [1.82, 2.24) is 10.3 Å². The zero-order valence-corrected chi connectivity index (χ0v) is 16.8. The number of hydrogen-bond acceptors (Lipinski definition) is 5. The number of aryl methyl sites for hydroxylation is 2. The van der Waals surface area contributed by atoms with Crippen LogP contribution in [0.15, 0.2) is 28.6 Å². The van der Waals surface area contributed by atoms with Crippen molar-refractivity contribution in [2.24, 2.45) is 4.99 Å². The number of ether oxygens (including phenoxy) is 2. The van der Waals surface area contributed by atoms with Crippen LogP contribution in [0.2, 0.25) is 0 Å². The molecule has 0 aliphatic heterocycles. The number of thiazole rings is 1. The second-order valence-corrected chi connectivity index (χ2v) is 6.71. The van der Waals surface area contributed by atoms with E-state index in [2.05, 4.69) is 26.0 Å².